The van der Waals surface area contributed by atoms with Crippen LogP contribution < -0.4 is 0 Å². The first-order valence-corrected chi connectivity index (χ1v) is 3.44. The first-order valence-electron chi connectivity index (χ1n) is 3.44. The fraction of sp³-hybridized carbons (Fsp3) is 0.571. The molecular weight excluding hydrogens is 176 g/mol. The molecule has 13 heavy (non-hydrogen) atoms. The highest BCUT2D eigenvalue weighted by atomic mass is 16.5. The number of hydrogen-bond acceptors (Lipinski definition) is 5. The van der Waals surface area contributed by atoms with E-state index in [0.717, 1.165) is 7.11 Å². The monoisotopic (exact) mass is 187 g/mol. The average Bonchev–Trinajstić information content (AvgIpc) is 2.13. The zero-order chi connectivity index (χ0) is 10.3. The molecule has 0 radical (unpaired) electrons. The maximum absolute atomic E-state index is 11.1. The number of carbonyl (C=O) groups is 2. The molecule has 0 unspecified atom stereocenters. The van der Waals surface area contributed by atoms with E-state index in [4.69, 9.17) is 0 Å². The zero-order valence-electron chi connectivity index (χ0n) is 7.73. The summed E-state index contributed by atoms with van der Waals surface area (Å²) < 4.78 is 8.87. The van der Waals surface area contributed by atoms with E-state index in [0.29, 0.717) is 0 Å². The van der Waals surface area contributed by atoms with Crippen LogP contribution in [0.5, 0.6) is 0 Å². The number of carbonyl (C=O) groups excluding carboxylic acids is 2. The molecule has 0 aromatic carbocycles. The van der Waals surface area contributed by atoms with Gasteiger partial charge in [0.15, 0.2) is 0 Å². The molecule has 0 atom stereocenters. The van der Waals surface area contributed by atoms with Gasteiger partial charge in [0.05, 0.1) is 17.0 Å². The minimum atomic E-state index is -0.812. The van der Waals surface area contributed by atoms with E-state index >= 15 is 0 Å². The molecule has 0 rings (SSSR count). The first kappa shape index (κ1) is 11.5. The molecule has 0 aromatic rings. The van der Waals surface area contributed by atoms with Gasteiger partial charge in [0.2, 0.25) is 0 Å². The lowest BCUT2D eigenvalue weighted by molar-refractivity contribution is -0.147. The first-order chi connectivity index (χ1) is 6.17. The Morgan fingerprint density at radius 1 is 1.38 bits per heavy atom. The van der Waals surface area contributed by atoms with Crippen molar-refractivity contribution >= 4 is 17.5 Å². The van der Waals surface area contributed by atoms with E-state index in [1.807, 2.05) is 0 Å². The Hall–Kier alpha value is -1.52. The van der Waals surface area contributed by atoms with Gasteiger partial charge in [0.1, 0.15) is 13.7 Å². The van der Waals surface area contributed by atoms with E-state index in [9.17, 15) is 9.59 Å². The van der Waals surface area contributed by atoms with Gasteiger partial charge in [0.25, 0.3) is 5.78 Å². The van der Waals surface area contributed by atoms with E-state index in [1.54, 1.807) is 0 Å². The number of ether oxygens (including phenoxy) is 2. The van der Waals surface area contributed by atoms with E-state index in [2.05, 4.69) is 19.4 Å². The maximum atomic E-state index is 11.1. The van der Waals surface area contributed by atoms with Gasteiger partial charge in [-0.1, -0.05) is 0 Å². The summed E-state index contributed by atoms with van der Waals surface area (Å²) in [6.07, 6.45) is 0. The molecule has 0 spiro atoms. The number of ketones is 1. The SMILES string of the molecule is CN=[N+]=C(C(=O)COC)C(=O)OC. The van der Waals surface area contributed by atoms with Crippen molar-refractivity contribution in [2.75, 3.05) is 27.9 Å². The third kappa shape index (κ3) is 3.59. The van der Waals surface area contributed by atoms with Crippen molar-refractivity contribution in [2.24, 2.45) is 5.11 Å². The summed E-state index contributed by atoms with van der Waals surface area (Å²) >= 11 is 0. The summed E-state index contributed by atoms with van der Waals surface area (Å²) in [6.45, 7) is -0.219. The third-order valence-electron chi connectivity index (χ3n) is 1.12. The maximum Gasteiger partial charge on any atom is 0.493 e. The molecule has 6 heteroatoms. The summed E-state index contributed by atoms with van der Waals surface area (Å²) in [5, 5.41) is 3.32. The fourth-order valence-electron chi connectivity index (χ4n) is 0.607. The van der Waals surface area contributed by atoms with Gasteiger partial charge in [-0.3, -0.25) is 4.79 Å². The number of Topliss-reactive ketones (excluding diaryl/α,β-unsaturated/α-hetero) is 1. The summed E-state index contributed by atoms with van der Waals surface area (Å²) in [5.41, 5.74) is -0.355. The van der Waals surface area contributed by atoms with Crippen molar-refractivity contribution in [3.63, 3.8) is 0 Å². The molecule has 0 aromatic heterocycles. The van der Waals surface area contributed by atoms with Crippen molar-refractivity contribution in [3.8, 4) is 0 Å². The molecule has 72 valence electrons. The summed E-state index contributed by atoms with van der Waals surface area (Å²) in [5.74, 6) is -1.37. The van der Waals surface area contributed by atoms with Crippen LogP contribution >= 0.6 is 0 Å². The predicted molar refractivity (Wildman–Crippen MR) is 42.5 cm³/mol. The van der Waals surface area contributed by atoms with Crippen molar-refractivity contribution in [3.05, 3.63) is 0 Å². The molecule has 0 aliphatic carbocycles. The highest BCUT2D eigenvalue weighted by Crippen LogP contribution is 1.83. The highest BCUT2D eigenvalue weighted by molar-refractivity contribution is 6.62. The standard InChI is InChI=1S/C7H11N2O4/c1-8-9-6(7(11)13-3)5(10)4-12-2/h4H2,1-3H3/q+1. The third-order valence-corrected chi connectivity index (χ3v) is 1.12. The lowest BCUT2D eigenvalue weighted by Gasteiger charge is -1.91. The summed E-state index contributed by atoms with van der Waals surface area (Å²) in [7, 11) is 3.85. The van der Waals surface area contributed by atoms with Crippen LogP contribution in [0.1, 0.15) is 0 Å². The van der Waals surface area contributed by atoms with E-state index < -0.39 is 11.8 Å². The van der Waals surface area contributed by atoms with Crippen molar-refractivity contribution in [1.82, 2.24) is 0 Å². The van der Waals surface area contributed by atoms with Crippen LogP contribution in [0.3, 0.4) is 0 Å². The molecular formula is C7H11N2O4+. The van der Waals surface area contributed by atoms with Crippen LogP contribution in [-0.4, -0.2) is 50.1 Å². The molecule has 6 nitrogen and oxygen atoms in total. The second kappa shape index (κ2) is 6.05. The van der Waals surface area contributed by atoms with Crippen LogP contribution in [-0.2, 0) is 19.1 Å². The van der Waals surface area contributed by atoms with Crippen LogP contribution in [0, 0.1) is 0 Å². The van der Waals surface area contributed by atoms with Crippen molar-refractivity contribution < 1.29 is 23.9 Å². The Balaban J connectivity index is 4.74. The van der Waals surface area contributed by atoms with Gasteiger partial charge >= 0.3 is 11.7 Å². The predicted octanol–water partition coefficient (Wildman–Crippen LogP) is -0.894. The number of hydrogen-bond donors (Lipinski definition) is 0. The fourth-order valence-corrected chi connectivity index (χ4v) is 0.607. The molecule has 0 saturated carbocycles. The number of methoxy groups -OCH3 is 2. The zero-order valence-corrected chi connectivity index (χ0v) is 7.73. The van der Waals surface area contributed by atoms with Gasteiger partial charge in [-0.05, 0) is 0 Å². The van der Waals surface area contributed by atoms with Crippen LogP contribution in [0.25, 0.3) is 0 Å². The molecule has 0 bridgehead atoms. The largest absolute Gasteiger partial charge is 0.493 e. The molecule has 0 amide bonds. The molecule has 0 saturated heterocycles. The molecule has 0 aliphatic heterocycles. The Bertz CT molecular complexity index is 266. The van der Waals surface area contributed by atoms with Crippen molar-refractivity contribution in [2.45, 2.75) is 0 Å². The number of esters is 1. The van der Waals surface area contributed by atoms with E-state index in [-0.39, 0.29) is 12.3 Å². The summed E-state index contributed by atoms with van der Waals surface area (Å²) in [4.78, 5) is 25.4. The minimum absolute atomic E-state index is 0.219. The van der Waals surface area contributed by atoms with E-state index in [1.165, 1.54) is 14.2 Å². The van der Waals surface area contributed by atoms with Gasteiger partial charge in [-0.2, -0.15) is 0 Å². The Morgan fingerprint density at radius 2 is 2.00 bits per heavy atom. The van der Waals surface area contributed by atoms with Crippen LogP contribution in [0.4, 0.5) is 0 Å². The topological polar surface area (TPSA) is 79.1 Å². The Labute approximate surface area is 75.3 Å². The van der Waals surface area contributed by atoms with Gasteiger partial charge in [0, 0.05) is 7.11 Å². The second-order valence-electron chi connectivity index (χ2n) is 2.00. The quantitative estimate of drug-likeness (QED) is 0.188. The Kier molecular flexibility index (Phi) is 5.34. The van der Waals surface area contributed by atoms with Crippen molar-refractivity contribution in [1.29, 1.82) is 0 Å². The Morgan fingerprint density at radius 3 is 2.38 bits per heavy atom. The minimum Gasteiger partial charge on any atom is -0.460 e. The molecule has 0 heterocycles. The highest BCUT2D eigenvalue weighted by Gasteiger charge is 2.32. The van der Waals surface area contributed by atoms with Gasteiger partial charge in [-0.25, -0.2) is 4.79 Å². The van der Waals surface area contributed by atoms with Gasteiger partial charge in [-0.15, -0.1) is 0 Å². The normalized spacial score (nSPS) is 8.54. The summed E-state index contributed by atoms with van der Waals surface area (Å²) in [6, 6.07) is 0. The smallest absolute Gasteiger partial charge is 0.460 e. The second-order valence-corrected chi connectivity index (χ2v) is 2.00. The average molecular weight is 187 g/mol. The number of rotatable bonds is 4. The lowest BCUT2D eigenvalue weighted by Crippen LogP contribution is -2.29. The van der Waals surface area contributed by atoms with Crippen LogP contribution in [0.15, 0.2) is 5.11 Å². The molecule has 0 N–H and O–H groups in total. The molecule has 0 aliphatic rings. The van der Waals surface area contributed by atoms with Crippen LogP contribution in [0.2, 0.25) is 0 Å². The van der Waals surface area contributed by atoms with Gasteiger partial charge < -0.3 is 9.47 Å². The molecule has 0 fully saturated rings. The number of nitrogens with zero attached hydrogens (tertiary/aromatic N) is 2. The lowest BCUT2D eigenvalue weighted by atomic mass is 10.2.